The fourth-order valence-electron chi connectivity index (χ4n) is 8.65. The van der Waals surface area contributed by atoms with Gasteiger partial charge in [0.2, 0.25) is 17.6 Å². The molecule has 0 spiro atoms. The Hall–Kier alpha value is -4.42. The third kappa shape index (κ3) is 7.28. The Labute approximate surface area is 306 Å². The van der Waals surface area contributed by atoms with Crippen LogP contribution in [0.3, 0.4) is 0 Å². The summed E-state index contributed by atoms with van der Waals surface area (Å²) in [6.07, 6.45) is 9.02. The van der Waals surface area contributed by atoms with E-state index in [1.807, 2.05) is 30.3 Å². The first-order valence-corrected chi connectivity index (χ1v) is 19.6. The molecule has 0 N–H and O–H groups in total. The number of carbonyl (C=O) groups is 4. The summed E-state index contributed by atoms with van der Waals surface area (Å²) in [6.45, 7) is 7.87. The van der Waals surface area contributed by atoms with Crippen LogP contribution in [0.15, 0.2) is 30.3 Å². The molecule has 4 aliphatic heterocycles. The number of ketones is 1. The standard InChI is InChI=1S/C39H53N7O6/c1-2-51-36(49)39(17-7-4-8-18-39)35(48)46-23-13-16-30(46)28-52-38(50)45-26-24-43(25-27-45)34-31(32(47)29-14-5-3-6-15-29)33(42-19-9-10-20-42)40-37(41-34)44-21-11-12-22-44/h3,5-6,14-15,30H,2,4,7-13,16-28H2,1H3. The molecular weight excluding hydrogens is 662 g/mol. The summed E-state index contributed by atoms with van der Waals surface area (Å²) < 4.78 is 11.3. The van der Waals surface area contributed by atoms with Gasteiger partial charge in [0.1, 0.15) is 29.2 Å². The van der Waals surface area contributed by atoms with E-state index in [0.717, 1.165) is 84.0 Å². The number of hydrogen-bond acceptors (Lipinski definition) is 11. The number of piperazine rings is 1. The predicted octanol–water partition coefficient (Wildman–Crippen LogP) is 4.67. The van der Waals surface area contributed by atoms with E-state index in [1.54, 1.807) is 16.7 Å². The number of aromatic nitrogens is 2. The highest BCUT2D eigenvalue weighted by atomic mass is 16.6. The molecule has 7 rings (SSSR count). The van der Waals surface area contributed by atoms with Crippen LogP contribution in [0, 0.1) is 5.41 Å². The first-order chi connectivity index (χ1) is 25.4. The van der Waals surface area contributed by atoms with Gasteiger partial charge in [0, 0.05) is 64.5 Å². The van der Waals surface area contributed by atoms with E-state index in [0.29, 0.717) is 74.3 Å². The molecule has 5 fully saturated rings. The lowest BCUT2D eigenvalue weighted by Gasteiger charge is -2.39. The normalized spacial score (nSPS) is 21.8. The van der Waals surface area contributed by atoms with Gasteiger partial charge in [-0.15, -0.1) is 0 Å². The minimum atomic E-state index is -1.14. The van der Waals surface area contributed by atoms with Crippen molar-refractivity contribution < 1.29 is 28.7 Å². The van der Waals surface area contributed by atoms with Crippen molar-refractivity contribution in [1.82, 2.24) is 19.8 Å². The maximum Gasteiger partial charge on any atom is 0.409 e. The molecule has 4 saturated heterocycles. The summed E-state index contributed by atoms with van der Waals surface area (Å²) in [6, 6.07) is 9.07. The number of carbonyl (C=O) groups excluding carboxylic acids is 4. The number of likely N-dealkylation sites (tertiary alicyclic amines) is 1. The highest BCUT2D eigenvalue weighted by Crippen LogP contribution is 2.41. The van der Waals surface area contributed by atoms with Gasteiger partial charge in [0.05, 0.1) is 12.6 Å². The fourth-order valence-corrected chi connectivity index (χ4v) is 8.65. The molecular formula is C39H53N7O6. The number of benzene rings is 1. The molecule has 1 saturated carbocycles. The van der Waals surface area contributed by atoms with Crippen LogP contribution in [0.1, 0.15) is 93.5 Å². The molecule has 1 unspecified atom stereocenters. The van der Waals surface area contributed by atoms with E-state index in [4.69, 9.17) is 19.4 Å². The largest absolute Gasteiger partial charge is 0.465 e. The van der Waals surface area contributed by atoms with Gasteiger partial charge < -0.3 is 34.0 Å². The molecule has 0 radical (unpaired) electrons. The Morgan fingerprint density at radius 2 is 1.33 bits per heavy atom. The Kier molecular flexibility index (Phi) is 11.1. The second-order valence-corrected chi connectivity index (χ2v) is 14.8. The van der Waals surface area contributed by atoms with Crippen molar-refractivity contribution in [3.8, 4) is 0 Å². The molecule has 2 aromatic rings. The lowest BCUT2D eigenvalue weighted by atomic mass is 9.72. The molecule has 1 aromatic carbocycles. The van der Waals surface area contributed by atoms with Crippen molar-refractivity contribution in [3.05, 3.63) is 41.5 Å². The smallest absolute Gasteiger partial charge is 0.409 e. The zero-order valence-corrected chi connectivity index (χ0v) is 30.6. The summed E-state index contributed by atoms with van der Waals surface area (Å²) >= 11 is 0. The van der Waals surface area contributed by atoms with Crippen LogP contribution in [0.5, 0.6) is 0 Å². The third-order valence-corrected chi connectivity index (χ3v) is 11.6. The molecule has 5 heterocycles. The van der Waals surface area contributed by atoms with E-state index in [1.165, 1.54) is 0 Å². The van der Waals surface area contributed by atoms with E-state index < -0.39 is 17.5 Å². The van der Waals surface area contributed by atoms with Crippen LogP contribution in [0.25, 0.3) is 0 Å². The first kappa shape index (κ1) is 36.0. The Morgan fingerprint density at radius 1 is 0.712 bits per heavy atom. The molecule has 52 heavy (non-hydrogen) atoms. The van der Waals surface area contributed by atoms with Gasteiger partial charge in [-0.25, -0.2) is 4.79 Å². The predicted molar refractivity (Wildman–Crippen MR) is 197 cm³/mol. The number of hydrogen-bond donors (Lipinski definition) is 0. The quantitative estimate of drug-likeness (QED) is 0.193. The molecule has 13 nitrogen and oxygen atoms in total. The van der Waals surface area contributed by atoms with Crippen molar-refractivity contribution in [2.75, 3.05) is 86.8 Å². The average molecular weight is 716 g/mol. The van der Waals surface area contributed by atoms with Crippen LogP contribution in [0.2, 0.25) is 0 Å². The van der Waals surface area contributed by atoms with Gasteiger partial charge in [-0.1, -0.05) is 49.6 Å². The lowest BCUT2D eigenvalue weighted by molar-refractivity contribution is -0.168. The number of ether oxygens (including phenoxy) is 2. The number of anilines is 3. The SMILES string of the molecule is CCOC(=O)C1(C(=O)N2CCCC2COC(=O)N2CCN(c3nc(N4CCCC4)nc(N4CCCC4)c3C(=O)c3ccccc3)CC2)CCCCC1. The molecule has 280 valence electrons. The van der Waals surface area contributed by atoms with E-state index in [9.17, 15) is 19.2 Å². The first-order valence-electron chi connectivity index (χ1n) is 19.6. The van der Waals surface area contributed by atoms with Crippen LogP contribution in [-0.2, 0) is 19.1 Å². The van der Waals surface area contributed by atoms with Crippen molar-refractivity contribution >= 4 is 41.3 Å². The Bertz CT molecular complexity index is 1600. The second-order valence-electron chi connectivity index (χ2n) is 14.8. The molecule has 1 aliphatic carbocycles. The summed E-state index contributed by atoms with van der Waals surface area (Å²) in [7, 11) is 0. The zero-order chi connectivity index (χ0) is 36.1. The Morgan fingerprint density at radius 3 is 1.96 bits per heavy atom. The van der Waals surface area contributed by atoms with Crippen LogP contribution >= 0.6 is 0 Å². The maximum absolute atomic E-state index is 14.3. The van der Waals surface area contributed by atoms with Crippen LogP contribution in [-0.4, -0.2) is 122 Å². The lowest BCUT2D eigenvalue weighted by Crippen LogP contribution is -2.53. The topological polar surface area (TPSA) is 129 Å². The van der Waals surface area contributed by atoms with E-state index in [2.05, 4.69) is 14.7 Å². The van der Waals surface area contributed by atoms with Gasteiger partial charge in [0.15, 0.2) is 0 Å². The Balaban J connectivity index is 1.05. The van der Waals surface area contributed by atoms with Crippen LogP contribution in [0.4, 0.5) is 22.4 Å². The van der Waals surface area contributed by atoms with E-state index in [-0.39, 0.29) is 30.9 Å². The van der Waals surface area contributed by atoms with Crippen molar-refractivity contribution in [1.29, 1.82) is 0 Å². The number of amides is 2. The number of esters is 1. The zero-order valence-electron chi connectivity index (χ0n) is 30.6. The molecule has 5 aliphatic rings. The molecule has 1 aromatic heterocycles. The minimum absolute atomic E-state index is 0.0870. The van der Waals surface area contributed by atoms with Crippen molar-refractivity contribution in [2.24, 2.45) is 5.41 Å². The summed E-state index contributed by atoms with van der Waals surface area (Å²) in [4.78, 5) is 75.1. The number of nitrogens with zero attached hydrogens (tertiary/aromatic N) is 7. The maximum atomic E-state index is 14.3. The molecule has 2 amide bonds. The second kappa shape index (κ2) is 16.1. The highest BCUT2D eigenvalue weighted by Gasteiger charge is 2.51. The van der Waals surface area contributed by atoms with Crippen LogP contribution < -0.4 is 14.7 Å². The van der Waals surface area contributed by atoms with Gasteiger partial charge in [-0.3, -0.25) is 14.4 Å². The van der Waals surface area contributed by atoms with Gasteiger partial charge in [-0.05, 0) is 58.3 Å². The van der Waals surface area contributed by atoms with Gasteiger partial charge >= 0.3 is 12.1 Å². The van der Waals surface area contributed by atoms with Crippen molar-refractivity contribution in [2.45, 2.75) is 83.6 Å². The third-order valence-electron chi connectivity index (χ3n) is 11.6. The molecule has 1 atom stereocenters. The minimum Gasteiger partial charge on any atom is -0.465 e. The summed E-state index contributed by atoms with van der Waals surface area (Å²) in [5, 5.41) is 0. The van der Waals surface area contributed by atoms with Crippen molar-refractivity contribution in [3.63, 3.8) is 0 Å². The molecule has 13 heteroatoms. The summed E-state index contributed by atoms with van der Waals surface area (Å²) in [5.74, 6) is 1.30. The average Bonchev–Trinajstić information content (AvgIpc) is 4.01. The monoisotopic (exact) mass is 715 g/mol. The fraction of sp³-hybridized carbons (Fsp3) is 0.641. The van der Waals surface area contributed by atoms with Gasteiger partial charge in [0.25, 0.3) is 0 Å². The molecule has 0 bridgehead atoms. The van der Waals surface area contributed by atoms with E-state index >= 15 is 0 Å². The number of rotatable bonds is 10. The van der Waals surface area contributed by atoms with Gasteiger partial charge in [-0.2, -0.15) is 9.97 Å². The summed E-state index contributed by atoms with van der Waals surface area (Å²) in [5.41, 5.74) is -0.0148. The highest BCUT2D eigenvalue weighted by molar-refractivity contribution is 6.15.